The van der Waals surface area contributed by atoms with E-state index in [1.54, 1.807) is 11.3 Å². The van der Waals surface area contributed by atoms with Crippen LogP contribution < -0.4 is 0 Å². The second kappa shape index (κ2) is 5.43. The lowest BCUT2D eigenvalue weighted by Gasteiger charge is -2.32. The number of thiophene rings is 1. The number of methoxy groups -OCH3 is 1. The molecule has 1 atom stereocenters. The second-order valence-corrected chi connectivity index (χ2v) is 4.57. The van der Waals surface area contributed by atoms with E-state index < -0.39 is 0 Å². The molecule has 0 aromatic carbocycles. The van der Waals surface area contributed by atoms with E-state index in [2.05, 4.69) is 4.90 Å². The number of carbonyl (C=O) groups is 1. The average Bonchev–Trinajstić information content (AvgIpc) is 2.84. The maximum absolute atomic E-state index is 11.8. The van der Waals surface area contributed by atoms with Crippen molar-refractivity contribution in [3.63, 3.8) is 0 Å². The summed E-state index contributed by atoms with van der Waals surface area (Å²) >= 11 is 1.59. The Morgan fingerprint density at radius 1 is 1.56 bits per heavy atom. The minimum absolute atomic E-state index is 0.190. The maximum Gasteiger partial charge on any atom is 0.328 e. The van der Waals surface area contributed by atoms with Crippen molar-refractivity contribution in [3.8, 4) is 0 Å². The SMILES string of the molecule is COC(=O)C(c1cccs1)N1CCOCC1. The minimum atomic E-state index is -0.270. The summed E-state index contributed by atoms with van der Waals surface area (Å²) in [6.07, 6.45) is 0. The zero-order valence-electron chi connectivity index (χ0n) is 9.22. The highest BCUT2D eigenvalue weighted by Crippen LogP contribution is 2.26. The highest BCUT2D eigenvalue weighted by molar-refractivity contribution is 7.10. The number of morpholine rings is 1. The number of rotatable bonds is 3. The van der Waals surface area contributed by atoms with Crippen molar-refractivity contribution in [2.75, 3.05) is 33.4 Å². The molecule has 5 heteroatoms. The van der Waals surface area contributed by atoms with Crippen molar-refractivity contribution in [1.82, 2.24) is 4.90 Å². The van der Waals surface area contributed by atoms with Gasteiger partial charge in [0.25, 0.3) is 0 Å². The third kappa shape index (κ3) is 2.42. The Labute approximate surface area is 98.8 Å². The molecule has 1 fully saturated rings. The Balaban J connectivity index is 2.17. The van der Waals surface area contributed by atoms with E-state index in [0.29, 0.717) is 13.2 Å². The molecule has 1 aromatic rings. The Kier molecular flexibility index (Phi) is 3.93. The predicted molar refractivity (Wildman–Crippen MR) is 61.5 cm³/mol. The first-order chi connectivity index (χ1) is 7.83. The van der Waals surface area contributed by atoms with E-state index in [4.69, 9.17) is 9.47 Å². The van der Waals surface area contributed by atoms with Gasteiger partial charge in [0.15, 0.2) is 0 Å². The Bertz CT molecular complexity index is 333. The monoisotopic (exact) mass is 241 g/mol. The molecule has 0 amide bonds. The van der Waals surface area contributed by atoms with E-state index in [-0.39, 0.29) is 12.0 Å². The number of hydrogen-bond donors (Lipinski definition) is 0. The van der Waals surface area contributed by atoms with Crippen molar-refractivity contribution in [1.29, 1.82) is 0 Å². The summed E-state index contributed by atoms with van der Waals surface area (Å²) in [5, 5.41) is 1.98. The smallest absolute Gasteiger partial charge is 0.328 e. The molecule has 0 aliphatic carbocycles. The zero-order valence-corrected chi connectivity index (χ0v) is 10.0. The van der Waals surface area contributed by atoms with Gasteiger partial charge in [0, 0.05) is 18.0 Å². The first-order valence-electron chi connectivity index (χ1n) is 5.26. The zero-order chi connectivity index (χ0) is 11.4. The summed E-state index contributed by atoms with van der Waals surface area (Å²) in [6, 6.07) is 3.66. The molecule has 1 aliphatic rings. The molecule has 0 bridgehead atoms. The fraction of sp³-hybridized carbons (Fsp3) is 0.545. The predicted octanol–water partition coefficient (Wildman–Crippen LogP) is 1.29. The summed E-state index contributed by atoms with van der Waals surface area (Å²) < 4.78 is 10.2. The first-order valence-corrected chi connectivity index (χ1v) is 6.14. The molecule has 0 spiro atoms. The molecule has 88 valence electrons. The summed E-state index contributed by atoms with van der Waals surface area (Å²) in [5.74, 6) is -0.190. The van der Waals surface area contributed by atoms with Crippen molar-refractivity contribution in [2.24, 2.45) is 0 Å². The molecular weight excluding hydrogens is 226 g/mol. The lowest BCUT2D eigenvalue weighted by molar-refractivity contribution is -0.149. The van der Waals surface area contributed by atoms with Gasteiger partial charge in [0.05, 0.1) is 20.3 Å². The van der Waals surface area contributed by atoms with Crippen molar-refractivity contribution in [2.45, 2.75) is 6.04 Å². The average molecular weight is 241 g/mol. The Hall–Kier alpha value is -0.910. The van der Waals surface area contributed by atoms with Gasteiger partial charge in [0.2, 0.25) is 0 Å². The van der Waals surface area contributed by atoms with Crippen LogP contribution in [0.25, 0.3) is 0 Å². The van der Waals surface area contributed by atoms with E-state index in [1.165, 1.54) is 7.11 Å². The highest BCUT2D eigenvalue weighted by Gasteiger charge is 2.30. The van der Waals surface area contributed by atoms with Crippen LogP contribution in [0.2, 0.25) is 0 Å². The summed E-state index contributed by atoms with van der Waals surface area (Å²) in [4.78, 5) is 15.0. The number of nitrogens with zero attached hydrogens (tertiary/aromatic N) is 1. The molecule has 4 nitrogen and oxygen atoms in total. The van der Waals surface area contributed by atoms with Gasteiger partial charge in [-0.05, 0) is 11.4 Å². The van der Waals surface area contributed by atoms with E-state index in [0.717, 1.165) is 18.0 Å². The van der Waals surface area contributed by atoms with Gasteiger partial charge in [-0.2, -0.15) is 0 Å². The molecule has 0 N–H and O–H groups in total. The standard InChI is InChI=1S/C11H15NO3S/c1-14-11(13)10(9-3-2-8-16-9)12-4-6-15-7-5-12/h2-3,8,10H,4-7H2,1H3. The Morgan fingerprint density at radius 2 is 2.31 bits per heavy atom. The molecule has 1 aliphatic heterocycles. The van der Waals surface area contributed by atoms with Gasteiger partial charge in [-0.1, -0.05) is 6.07 Å². The summed E-state index contributed by atoms with van der Waals surface area (Å²) in [5.41, 5.74) is 0. The molecule has 1 saturated heterocycles. The van der Waals surface area contributed by atoms with Gasteiger partial charge >= 0.3 is 5.97 Å². The molecule has 0 radical (unpaired) electrons. The molecule has 2 rings (SSSR count). The molecule has 1 unspecified atom stereocenters. The van der Waals surface area contributed by atoms with Gasteiger partial charge in [-0.25, -0.2) is 4.79 Å². The molecule has 16 heavy (non-hydrogen) atoms. The van der Waals surface area contributed by atoms with Crippen LogP contribution >= 0.6 is 11.3 Å². The third-order valence-electron chi connectivity index (χ3n) is 2.65. The number of carbonyl (C=O) groups excluding carboxylic acids is 1. The first kappa shape index (κ1) is 11.6. The third-order valence-corrected chi connectivity index (χ3v) is 3.57. The van der Waals surface area contributed by atoms with Crippen LogP contribution in [0.5, 0.6) is 0 Å². The van der Waals surface area contributed by atoms with Crippen LogP contribution in [0, 0.1) is 0 Å². The molecule has 0 saturated carbocycles. The lowest BCUT2D eigenvalue weighted by Crippen LogP contribution is -2.42. The van der Waals surface area contributed by atoms with Crippen LogP contribution in [0.4, 0.5) is 0 Å². The van der Waals surface area contributed by atoms with Gasteiger partial charge in [-0.15, -0.1) is 11.3 Å². The topological polar surface area (TPSA) is 38.8 Å². The maximum atomic E-state index is 11.8. The fourth-order valence-electron chi connectivity index (χ4n) is 1.84. The van der Waals surface area contributed by atoms with E-state index in [9.17, 15) is 4.79 Å². The number of hydrogen-bond acceptors (Lipinski definition) is 5. The number of esters is 1. The largest absolute Gasteiger partial charge is 0.468 e. The summed E-state index contributed by atoms with van der Waals surface area (Å²) in [7, 11) is 1.43. The molecule has 2 heterocycles. The van der Waals surface area contributed by atoms with Crippen LogP contribution in [0.1, 0.15) is 10.9 Å². The summed E-state index contributed by atoms with van der Waals surface area (Å²) in [6.45, 7) is 2.91. The lowest BCUT2D eigenvalue weighted by atomic mass is 10.2. The van der Waals surface area contributed by atoms with Crippen LogP contribution in [0.3, 0.4) is 0 Å². The molecular formula is C11H15NO3S. The van der Waals surface area contributed by atoms with E-state index >= 15 is 0 Å². The second-order valence-electron chi connectivity index (χ2n) is 3.59. The van der Waals surface area contributed by atoms with Crippen molar-refractivity contribution < 1.29 is 14.3 Å². The van der Waals surface area contributed by atoms with Crippen LogP contribution in [0.15, 0.2) is 17.5 Å². The Morgan fingerprint density at radius 3 is 2.88 bits per heavy atom. The number of ether oxygens (including phenoxy) is 2. The van der Waals surface area contributed by atoms with Crippen molar-refractivity contribution in [3.05, 3.63) is 22.4 Å². The van der Waals surface area contributed by atoms with E-state index in [1.807, 2.05) is 17.5 Å². The quantitative estimate of drug-likeness (QED) is 0.748. The van der Waals surface area contributed by atoms with Gasteiger partial charge < -0.3 is 9.47 Å². The van der Waals surface area contributed by atoms with Crippen LogP contribution in [-0.2, 0) is 14.3 Å². The minimum Gasteiger partial charge on any atom is -0.468 e. The molecule has 1 aromatic heterocycles. The van der Waals surface area contributed by atoms with Crippen LogP contribution in [-0.4, -0.2) is 44.3 Å². The normalized spacial score (nSPS) is 19.3. The highest BCUT2D eigenvalue weighted by atomic mass is 32.1. The van der Waals surface area contributed by atoms with Gasteiger partial charge in [0.1, 0.15) is 6.04 Å². The fourth-order valence-corrected chi connectivity index (χ4v) is 2.68. The van der Waals surface area contributed by atoms with Gasteiger partial charge in [-0.3, -0.25) is 4.90 Å². The van der Waals surface area contributed by atoms with Crippen molar-refractivity contribution >= 4 is 17.3 Å².